The van der Waals surface area contributed by atoms with Crippen molar-refractivity contribution in [2.24, 2.45) is 0 Å². The summed E-state index contributed by atoms with van der Waals surface area (Å²) in [4.78, 5) is 23.3. The Morgan fingerprint density at radius 2 is 1.59 bits per heavy atom. The second-order valence-electron chi connectivity index (χ2n) is 6.75. The molecule has 6 nitrogen and oxygen atoms in total. The zero-order valence-electron chi connectivity index (χ0n) is 17.1. The first-order valence-corrected chi connectivity index (χ1v) is 9.90. The van der Waals surface area contributed by atoms with Gasteiger partial charge in [-0.3, -0.25) is 4.79 Å². The van der Waals surface area contributed by atoms with E-state index in [1.165, 1.54) is 18.1 Å². The van der Waals surface area contributed by atoms with Crippen molar-refractivity contribution in [3.8, 4) is 0 Å². The van der Waals surface area contributed by atoms with E-state index in [9.17, 15) is 4.79 Å². The van der Waals surface area contributed by atoms with Crippen LogP contribution in [0.1, 0.15) is 42.7 Å². The molecule has 3 aromatic rings. The van der Waals surface area contributed by atoms with E-state index >= 15 is 0 Å². The zero-order valence-corrected chi connectivity index (χ0v) is 17.1. The van der Waals surface area contributed by atoms with Crippen LogP contribution in [0.15, 0.2) is 67.0 Å². The Morgan fingerprint density at radius 1 is 0.966 bits per heavy atom. The number of nitrogens with zero attached hydrogens (tertiary/aromatic N) is 3. The lowest BCUT2D eigenvalue weighted by Gasteiger charge is -2.21. The van der Waals surface area contributed by atoms with Gasteiger partial charge in [-0.15, -0.1) is 0 Å². The summed E-state index contributed by atoms with van der Waals surface area (Å²) in [6.45, 7) is 8.17. The summed E-state index contributed by atoms with van der Waals surface area (Å²) >= 11 is 0. The molecule has 6 heteroatoms. The van der Waals surface area contributed by atoms with Crippen molar-refractivity contribution >= 4 is 23.2 Å². The number of amides is 1. The maximum absolute atomic E-state index is 12.4. The molecule has 1 heterocycles. The molecule has 0 aliphatic carbocycles. The number of carbonyl (C=O) groups excluding carboxylic acids is 1. The third-order valence-corrected chi connectivity index (χ3v) is 4.81. The van der Waals surface area contributed by atoms with Gasteiger partial charge in [0.05, 0.1) is 11.6 Å². The summed E-state index contributed by atoms with van der Waals surface area (Å²) < 4.78 is 0. The third kappa shape index (κ3) is 5.31. The summed E-state index contributed by atoms with van der Waals surface area (Å²) in [6.07, 6.45) is 3.07. The fourth-order valence-corrected chi connectivity index (χ4v) is 3.09. The molecule has 0 fully saturated rings. The van der Waals surface area contributed by atoms with Crippen LogP contribution in [0.5, 0.6) is 0 Å². The molecule has 0 spiro atoms. The average Bonchev–Trinajstić information content (AvgIpc) is 2.77. The second-order valence-corrected chi connectivity index (χ2v) is 6.75. The maximum atomic E-state index is 12.4. The van der Waals surface area contributed by atoms with Gasteiger partial charge in [0.1, 0.15) is 0 Å². The van der Waals surface area contributed by atoms with Gasteiger partial charge in [0.15, 0.2) is 0 Å². The van der Waals surface area contributed by atoms with Crippen LogP contribution in [-0.2, 0) is 0 Å². The monoisotopic (exact) mass is 389 g/mol. The van der Waals surface area contributed by atoms with Crippen LogP contribution >= 0.6 is 0 Å². The summed E-state index contributed by atoms with van der Waals surface area (Å²) in [6, 6.07) is 17.9. The van der Waals surface area contributed by atoms with Gasteiger partial charge >= 0.3 is 0 Å². The standard InChI is InChI=1S/C23H27N5O/c1-4-28(5-2)21-13-11-20(12-14-21)27-23-24-15-19(16-25-23)22(29)26-17(3)18-9-7-6-8-10-18/h6-17H,4-5H2,1-3H3,(H,26,29)(H,24,25,27). The maximum Gasteiger partial charge on any atom is 0.254 e. The van der Waals surface area contributed by atoms with Crippen LogP contribution < -0.4 is 15.5 Å². The molecule has 1 unspecified atom stereocenters. The number of hydrogen-bond donors (Lipinski definition) is 2. The minimum Gasteiger partial charge on any atom is -0.372 e. The number of rotatable bonds is 8. The zero-order chi connectivity index (χ0) is 20.6. The van der Waals surface area contributed by atoms with E-state index in [4.69, 9.17) is 0 Å². The Morgan fingerprint density at radius 3 is 2.17 bits per heavy atom. The first kappa shape index (κ1) is 20.3. The van der Waals surface area contributed by atoms with Crippen LogP contribution in [0, 0.1) is 0 Å². The SMILES string of the molecule is CCN(CC)c1ccc(Nc2ncc(C(=O)NC(C)c3ccccc3)cn2)cc1. The lowest BCUT2D eigenvalue weighted by molar-refractivity contribution is 0.0939. The summed E-state index contributed by atoms with van der Waals surface area (Å²) in [5, 5.41) is 6.13. The summed E-state index contributed by atoms with van der Waals surface area (Å²) in [7, 11) is 0. The smallest absolute Gasteiger partial charge is 0.254 e. The van der Waals surface area contributed by atoms with Crippen LogP contribution in [-0.4, -0.2) is 29.0 Å². The van der Waals surface area contributed by atoms with Crippen molar-refractivity contribution in [2.75, 3.05) is 23.3 Å². The topological polar surface area (TPSA) is 70.2 Å². The van der Waals surface area contributed by atoms with Gasteiger partial charge < -0.3 is 15.5 Å². The van der Waals surface area contributed by atoms with Crippen molar-refractivity contribution in [1.82, 2.24) is 15.3 Å². The molecule has 0 radical (unpaired) electrons. The number of hydrogen-bond acceptors (Lipinski definition) is 5. The van der Waals surface area contributed by atoms with Gasteiger partial charge in [-0.2, -0.15) is 0 Å². The summed E-state index contributed by atoms with van der Waals surface area (Å²) in [5.74, 6) is 0.254. The molecule has 0 aliphatic heterocycles. The normalized spacial score (nSPS) is 11.6. The van der Waals surface area contributed by atoms with Gasteiger partial charge in [0.25, 0.3) is 5.91 Å². The van der Waals surface area contributed by atoms with E-state index in [-0.39, 0.29) is 11.9 Å². The molecule has 1 atom stereocenters. The first-order valence-electron chi connectivity index (χ1n) is 9.90. The predicted molar refractivity (Wildman–Crippen MR) is 118 cm³/mol. The summed E-state index contributed by atoms with van der Waals surface area (Å²) in [5.41, 5.74) is 3.56. The molecule has 2 N–H and O–H groups in total. The van der Waals surface area contributed by atoms with Crippen LogP contribution in [0.4, 0.5) is 17.3 Å². The molecular weight excluding hydrogens is 362 g/mol. The average molecular weight is 390 g/mol. The molecular formula is C23H27N5O. The number of aromatic nitrogens is 2. The number of anilines is 3. The number of carbonyl (C=O) groups is 1. The largest absolute Gasteiger partial charge is 0.372 e. The van der Waals surface area contributed by atoms with Gasteiger partial charge in [-0.1, -0.05) is 30.3 Å². The predicted octanol–water partition coefficient (Wildman–Crippen LogP) is 4.56. The highest BCUT2D eigenvalue weighted by Gasteiger charge is 2.12. The minimum atomic E-state index is -0.198. The Kier molecular flexibility index (Phi) is 6.79. The highest BCUT2D eigenvalue weighted by molar-refractivity contribution is 5.93. The van der Waals surface area contributed by atoms with Crippen molar-refractivity contribution in [3.05, 3.63) is 78.1 Å². The Labute approximate surface area is 172 Å². The third-order valence-electron chi connectivity index (χ3n) is 4.81. The van der Waals surface area contributed by atoms with Gasteiger partial charge in [-0.05, 0) is 50.6 Å². The first-order chi connectivity index (χ1) is 14.1. The highest BCUT2D eigenvalue weighted by Crippen LogP contribution is 2.19. The molecule has 1 aromatic heterocycles. The molecule has 0 aliphatic rings. The molecule has 2 aromatic carbocycles. The fourth-order valence-electron chi connectivity index (χ4n) is 3.09. The molecule has 0 saturated carbocycles. The van der Waals surface area contributed by atoms with Crippen molar-refractivity contribution in [1.29, 1.82) is 0 Å². The van der Waals surface area contributed by atoms with Gasteiger partial charge in [0.2, 0.25) is 5.95 Å². The van der Waals surface area contributed by atoms with Crippen molar-refractivity contribution in [2.45, 2.75) is 26.8 Å². The quantitative estimate of drug-likeness (QED) is 0.591. The lowest BCUT2D eigenvalue weighted by Crippen LogP contribution is -2.26. The Balaban J connectivity index is 1.60. The molecule has 29 heavy (non-hydrogen) atoms. The lowest BCUT2D eigenvalue weighted by atomic mass is 10.1. The van der Waals surface area contributed by atoms with Gasteiger partial charge in [-0.25, -0.2) is 9.97 Å². The van der Waals surface area contributed by atoms with Gasteiger partial charge in [0, 0.05) is 36.9 Å². The molecule has 1 amide bonds. The molecule has 0 bridgehead atoms. The van der Waals surface area contributed by atoms with Crippen LogP contribution in [0.2, 0.25) is 0 Å². The van der Waals surface area contributed by atoms with E-state index in [0.29, 0.717) is 11.5 Å². The van der Waals surface area contributed by atoms with E-state index in [1.807, 2.05) is 49.4 Å². The van der Waals surface area contributed by atoms with Crippen molar-refractivity contribution < 1.29 is 4.79 Å². The molecule has 0 saturated heterocycles. The minimum absolute atomic E-state index is 0.0918. The Bertz CT molecular complexity index is 906. The van der Waals surface area contributed by atoms with E-state index in [2.05, 4.69) is 51.5 Å². The molecule has 3 rings (SSSR count). The molecule has 150 valence electrons. The fraction of sp³-hybridized carbons (Fsp3) is 0.261. The highest BCUT2D eigenvalue weighted by atomic mass is 16.1. The van der Waals surface area contributed by atoms with E-state index < -0.39 is 0 Å². The van der Waals surface area contributed by atoms with Crippen molar-refractivity contribution in [3.63, 3.8) is 0 Å². The van der Waals surface area contributed by atoms with Crippen LogP contribution in [0.3, 0.4) is 0 Å². The number of nitrogens with one attached hydrogen (secondary N) is 2. The second kappa shape index (κ2) is 9.68. The number of benzene rings is 2. The Hall–Kier alpha value is -3.41. The van der Waals surface area contributed by atoms with E-state index in [1.54, 1.807) is 0 Å². The van der Waals surface area contributed by atoms with E-state index in [0.717, 1.165) is 24.3 Å². The van der Waals surface area contributed by atoms with Crippen LogP contribution in [0.25, 0.3) is 0 Å².